The van der Waals surface area contributed by atoms with Crippen molar-refractivity contribution in [1.29, 1.82) is 21.0 Å². The van der Waals surface area contributed by atoms with Crippen LogP contribution in [0.4, 0.5) is 0 Å². The molecule has 0 heterocycles. The van der Waals surface area contributed by atoms with Crippen molar-refractivity contribution in [2.45, 2.75) is 0 Å². The number of nitrogens with zero attached hydrogens (tertiary/aromatic N) is 4. The summed E-state index contributed by atoms with van der Waals surface area (Å²) in [5, 5.41) is 37.3. The molecule has 2 aromatic rings. The van der Waals surface area contributed by atoms with Gasteiger partial charge in [-0.2, -0.15) is 21.0 Å². The highest BCUT2D eigenvalue weighted by atomic mass is 14.3. The Morgan fingerprint density at radius 3 is 1.27 bits per heavy atom. The highest BCUT2D eigenvalue weighted by Crippen LogP contribution is 2.29. The van der Waals surface area contributed by atoms with E-state index < -0.39 is 0 Å². The first-order valence-corrected chi connectivity index (χ1v) is 6.30. The van der Waals surface area contributed by atoms with Gasteiger partial charge in [-0.1, -0.05) is 36.4 Å². The maximum absolute atomic E-state index is 9.47. The van der Waals surface area contributed by atoms with E-state index in [2.05, 4.69) is 0 Å². The maximum Gasteiger partial charge on any atom is 0.101 e. The molecule has 0 aliphatic heterocycles. The average molecular weight is 280 g/mol. The minimum absolute atomic E-state index is 0.0855. The molecule has 0 amide bonds. The van der Waals surface area contributed by atoms with Crippen LogP contribution >= 0.6 is 0 Å². The van der Waals surface area contributed by atoms with Crippen LogP contribution in [0.15, 0.2) is 48.5 Å². The molecule has 0 fully saturated rings. The van der Waals surface area contributed by atoms with E-state index in [1.54, 1.807) is 48.5 Å². The lowest BCUT2D eigenvalue weighted by molar-refractivity contribution is 1.44. The van der Waals surface area contributed by atoms with Crippen LogP contribution in [0.1, 0.15) is 22.3 Å². The minimum atomic E-state index is 0.0855. The van der Waals surface area contributed by atoms with Gasteiger partial charge in [0.05, 0.1) is 34.4 Å². The molecule has 100 valence electrons. The Bertz CT molecular complexity index is 848. The van der Waals surface area contributed by atoms with Gasteiger partial charge in [-0.3, -0.25) is 0 Å². The fraction of sp³-hybridized carbons (Fsp3) is 0. The van der Waals surface area contributed by atoms with E-state index in [0.29, 0.717) is 22.3 Å². The topological polar surface area (TPSA) is 95.2 Å². The third-order valence-electron chi connectivity index (χ3n) is 3.11. The molecule has 0 aliphatic rings. The van der Waals surface area contributed by atoms with E-state index >= 15 is 0 Å². The number of rotatable bonds is 2. The number of nitriles is 4. The minimum Gasteiger partial charge on any atom is -0.192 e. The van der Waals surface area contributed by atoms with E-state index in [0.717, 1.165) is 0 Å². The van der Waals surface area contributed by atoms with E-state index in [4.69, 9.17) is 0 Å². The second kappa shape index (κ2) is 6.53. The standard InChI is InChI=1S/C18H8N4/c19-9-13-5-1-3-7-15(13)17(11-21)18(12-22)16-8-4-2-6-14(16)10-20/h1-8H/b18-17+. The molecular formula is C18H8N4. The number of allylic oxidation sites excluding steroid dienone is 2. The summed E-state index contributed by atoms with van der Waals surface area (Å²) in [7, 11) is 0. The SMILES string of the molecule is N#C/C(=C(/C#N)c1ccccc1C#N)c1ccccc1C#N. The first kappa shape index (κ1) is 14.5. The van der Waals surface area contributed by atoms with Gasteiger partial charge in [0.2, 0.25) is 0 Å². The third-order valence-corrected chi connectivity index (χ3v) is 3.11. The van der Waals surface area contributed by atoms with Gasteiger partial charge in [-0.25, -0.2) is 0 Å². The van der Waals surface area contributed by atoms with Crippen LogP contribution in [0, 0.1) is 45.3 Å². The number of benzene rings is 2. The van der Waals surface area contributed by atoms with E-state index in [-0.39, 0.29) is 11.1 Å². The quantitative estimate of drug-likeness (QED) is 0.622. The predicted octanol–water partition coefficient (Wildman–Crippen LogP) is 3.39. The van der Waals surface area contributed by atoms with Crippen LogP contribution < -0.4 is 0 Å². The molecule has 0 bridgehead atoms. The van der Waals surface area contributed by atoms with Gasteiger partial charge < -0.3 is 0 Å². The zero-order valence-corrected chi connectivity index (χ0v) is 11.4. The molecule has 4 nitrogen and oxygen atoms in total. The Hall–Kier alpha value is -3.86. The van der Waals surface area contributed by atoms with Gasteiger partial charge in [0.15, 0.2) is 0 Å². The molecule has 0 unspecified atom stereocenters. The largest absolute Gasteiger partial charge is 0.192 e. The fourth-order valence-electron chi connectivity index (χ4n) is 2.10. The number of hydrogen-bond acceptors (Lipinski definition) is 4. The van der Waals surface area contributed by atoms with Crippen molar-refractivity contribution in [2.24, 2.45) is 0 Å². The first-order chi connectivity index (χ1) is 10.8. The monoisotopic (exact) mass is 280 g/mol. The van der Waals surface area contributed by atoms with Crippen molar-refractivity contribution in [3.8, 4) is 24.3 Å². The van der Waals surface area contributed by atoms with Crippen molar-refractivity contribution < 1.29 is 0 Å². The van der Waals surface area contributed by atoms with Crippen LogP contribution in [0.5, 0.6) is 0 Å². The van der Waals surface area contributed by atoms with Crippen LogP contribution in [0.2, 0.25) is 0 Å². The highest BCUT2D eigenvalue weighted by molar-refractivity contribution is 6.04. The lowest BCUT2D eigenvalue weighted by atomic mass is 9.91. The van der Waals surface area contributed by atoms with Crippen molar-refractivity contribution in [3.05, 3.63) is 70.8 Å². The van der Waals surface area contributed by atoms with Crippen LogP contribution in [-0.4, -0.2) is 0 Å². The third kappa shape index (κ3) is 2.54. The lowest BCUT2D eigenvalue weighted by Gasteiger charge is -2.07. The Labute approximate surface area is 128 Å². The van der Waals surface area contributed by atoms with Gasteiger partial charge in [0.1, 0.15) is 12.1 Å². The summed E-state index contributed by atoms with van der Waals surface area (Å²) >= 11 is 0. The Balaban J connectivity index is 2.83. The molecule has 0 aromatic heterocycles. The van der Waals surface area contributed by atoms with Crippen molar-refractivity contribution in [2.75, 3.05) is 0 Å². The second-order valence-electron chi connectivity index (χ2n) is 4.29. The normalized spacial score (nSPS) is 10.4. The van der Waals surface area contributed by atoms with Gasteiger partial charge in [-0.05, 0) is 12.1 Å². The summed E-state index contributed by atoms with van der Waals surface area (Å²) in [5.41, 5.74) is 1.56. The van der Waals surface area contributed by atoms with E-state index in [9.17, 15) is 21.0 Å². The summed E-state index contributed by atoms with van der Waals surface area (Å²) in [6, 6.07) is 21.2. The Morgan fingerprint density at radius 2 is 0.955 bits per heavy atom. The maximum atomic E-state index is 9.47. The zero-order chi connectivity index (χ0) is 15.9. The number of hydrogen-bond donors (Lipinski definition) is 0. The first-order valence-electron chi connectivity index (χ1n) is 6.30. The van der Waals surface area contributed by atoms with E-state index in [1.807, 2.05) is 24.3 Å². The van der Waals surface area contributed by atoms with Crippen molar-refractivity contribution in [1.82, 2.24) is 0 Å². The Morgan fingerprint density at radius 1 is 0.591 bits per heavy atom. The fourth-order valence-corrected chi connectivity index (χ4v) is 2.10. The predicted molar refractivity (Wildman–Crippen MR) is 80.4 cm³/mol. The van der Waals surface area contributed by atoms with Crippen LogP contribution in [0.3, 0.4) is 0 Å². The molecule has 0 atom stereocenters. The van der Waals surface area contributed by atoms with Gasteiger partial charge in [0.25, 0.3) is 0 Å². The summed E-state index contributed by atoms with van der Waals surface area (Å²) in [5.74, 6) is 0. The molecule has 2 rings (SSSR count). The molecule has 2 aromatic carbocycles. The highest BCUT2D eigenvalue weighted by Gasteiger charge is 2.16. The van der Waals surface area contributed by atoms with Gasteiger partial charge in [-0.15, -0.1) is 0 Å². The lowest BCUT2D eigenvalue weighted by Crippen LogP contribution is -1.95. The molecule has 0 radical (unpaired) electrons. The summed E-state index contributed by atoms with van der Waals surface area (Å²) in [6.07, 6.45) is 0. The molecule has 4 heteroatoms. The summed E-state index contributed by atoms with van der Waals surface area (Å²) in [4.78, 5) is 0. The van der Waals surface area contributed by atoms with E-state index in [1.165, 1.54) is 0 Å². The molecule has 0 aliphatic carbocycles. The summed E-state index contributed by atoms with van der Waals surface area (Å²) in [6.45, 7) is 0. The molecule has 22 heavy (non-hydrogen) atoms. The molecule has 0 N–H and O–H groups in total. The molecule has 0 spiro atoms. The zero-order valence-electron chi connectivity index (χ0n) is 11.4. The summed E-state index contributed by atoms with van der Waals surface area (Å²) < 4.78 is 0. The van der Waals surface area contributed by atoms with Crippen molar-refractivity contribution in [3.63, 3.8) is 0 Å². The average Bonchev–Trinajstić information content (AvgIpc) is 2.59. The van der Waals surface area contributed by atoms with Crippen molar-refractivity contribution >= 4 is 11.1 Å². The molecular weight excluding hydrogens is 272 g/mol. The Kier molecular flexibility index (Phi) is 4.32. The van der Waals surface area contributed by atoms with Gasteiger partial charge >= 0.3 is 0 Å². The van der Waals surface area contributed by atoms with Gasteiger partial charge in [0, 0.05) is 11.1 Å². The second-order valence-corrected chi connectivity index (χ2v) is 4.29. The smallest absolute Gasteiger partial charge is 0.101 e. The molecule has 0 saturated carbocycles. The van der Waals surface area contributed by atoms with Crippen LogP contribution in [-0.2, 0) is 0 Å². The van der Waals surface area contributed by atoms with Crippen LogP contribution in [0.25, 0.3) is 11.1 Å². The molecule has 0 saturated heterocycles.